The first-order valence-electron chi connectivity index (χ1n) is 16.9. The van der Waals surface area contributed by atoms with Crippen LogP contribution in [-0.4, -0.2) is 34.1 Å². The number of aromatic nitrogens is 7. The largest absolute Gasteiger partial charge is 0.307 e. The summed E-state index contributed by atoms with van der Waals surface area (Å²) in [7, 11) is 0. The van der Waals surface area contributed by atoms with E-state index in [-0.39, 0.29) is 0 Å². The normalized spacial score (nSPS) is 11.4. The second-order valence-corrected chi connectivity index (χ2v) is 12.6. The van der Waals surface area contributed by atoms with Gasteiger partial charge in [0, 0.05) is 63.0 Å². The van der Waals surface area contributed by atoms with Crippen molar-refractivity contribution in [1.29, 1.82) is 5.26 Å². The molecule has 10 aromatic rings. The van der Waals surface area contributed by atoms with Crippen molar-refractivity contribution in [3.05, 3.63) is 164 Å². The molecule has 0 aliphatic rings. The predicted molar refractivity (Wildman–Crippen MR) is 205 cm³/mol. The Balaban J connectivity index is 1.29. The summed E-state index contributed by atoms with van der Waals surface area (Å²) in [6.07, 6.45) is 10.9. The molecular weight excluding hydrogens is 641 g/mol. The van der Waals surface area contributed by atoms with Gasteiger partial charge in [0.15, 0.2) is 11.6 Å². The Bertz CT molecular complexity index is 2840. The van der Waals surface area contributed by atoms with Crippen LogP contribution in [0.2, 0.25) is 0 Å². The number of rotatable bonds is 5. The van der Waals surface area contributed by atoms with Gasteiger partial charge in [0.05, 0.1) is 57.5 Å². The minimum atomic E-state index is 0.598. The Morgan fingerprint density at radius 1 is 0.442 bits per heavy atom. The third-order valence-corrected chi connectivity index (χ3v) is 9.68. The van der Waals surface area contributed by atoms with Gasteiger partial charge in [-0.15, -0.1) is 0 Å². The Morgan fingerprint density at radius 2 is 0.885 bits per heavy atom. The molecule has 0 N–H and O–H groups in total. The summed E-state index contributed by atoms with van der Waals surface area (Å²) in [4.78, 5) is 23.0. The fraction of sp³-hybridized carbons (Fsp3) is 0. The zero-order valence-corrected chi connectivity index (χ0v) is 27.6. The average molecular weight is 667 g/mol. The Labute approximate surface area is 297 Å². The topological polar surface area (TPSA) is 98.1 Å². The second kappa shape index (κ2) is 11.8. The fourth-order valence-electron chi connectivity index (χ4n) is 7.42. The third-order valence-electron chi connectivity index (χ3n) is 9.68. The third kappa shape index (κ3) is 4.57. The summed E-state index contributed by atoms with van der Waals surface area (Å²) in [5, 5.41) is 14.1. The maximum Gasteiger partial charge on any atom is 0.159 e. The molecular formula is C44H26N8. The van der Waals surface area contributed by atoms with Crippen LogP contribution in [0.4, 0.5) is 0 Å². The summed E-state index contributed by atoms with van der Waals surface area (Å²) in [5.41, 5.74) is 10.4. The van der Waals surface area contributed by atoms with Crippen LogP contribution in [0.1, 0.15) is 5.56 Å². The molecule has 0 aliphatic heterocycles. The monoisotopic (exact) mass is 666 g/mol. The minimum Gasteiger partial charge on any atom is -0.307 e. The molecule has 5 aromatic heterocycles. The van der Waals surface area contributed by atoms with Crippen LogP contribution in [0.5, 0.6) is 0 Å². The van der Waals surface area contributed by atoms with Crippen LogP contribution in [0.15, 0.2) is 159 Å². The molecule has 8 nitrogen and oxygen atoms in total. The van der Waals surface area contributed by atoms with Crippen LogP contribution in [0.3, 0.4) is 0 Å². The number of para-hydroxylation sites is 2. The van der Waals surface area contributed by atoms with Gasteiger partial charge in [-0.3, -0.25) is 4.98 Å². The number of fused-ring (bicyclic) bond motifs is 6. The molecule has 0 amide bonds. The number of nitriles is 1. The van der Waals surface area contributed by atoms with E-state index in [9.17, 15) is 5.26 Å². The van der Waals surface area contributed by atoms with E-state index in [1.807, 2.05) is 48.8 Å². The van der Waals surface area contributed by atoms with Crippen molar-refractivity contribution in [2.24, 2.45) is 0 Å². The molecule has 0 radical (unpaired) electrons. The Kier molecular flexibility index (Phi) is 6.69. The van der Waals surface area contributed by atoms with Crippen molar-refractivity contribution >= 4 is 43.6 Å². The van der Waals surface area contributed by atoms with Gasteiger partial charge in [0.2, 0.25) is 0 Å². The van der Waals surface area contributed by atoms with Gasteiger partial charge in [0.25, 0.3) is 0 Å². The van der Waals surface area contributed by atoms with Gasteiger partial charge in [-0.25, -0.2) is 19.9 Å². The number of nitrogens with zero attached hydrogens (tertiary/aromatic N) is 8. The Hall–Kier alpha value is -7.50. The standard InChI is InChI=1S/C44H26N8/c45-25-28-11-13-29(14-12-28)42-40(51-36-9-3-1-7-32(36)34-23-30(15-17-38(34)51)43-47-19-5-20-48-43)26-46-27-41(42)52-37-10-4-2-8-33(37)35-24-31(16-18-39(35)52)44-49-21-6-22-50-44/h1-24,26-27H. The molecule has 8 heteroatoms. The number of hydrogen-bond acceptors (Lipinski definition) is 6. The highest BCUT2D eigenvalue weighted by molar-refractivity contribution is 6.13. The van der Waals surface area contributed by atoms with Crippen LogP contribution in [0.25, 0.3) is 88.9 Å². The van der Waals surface area contributed by atoms with E-state index in [4.69, 9.17) is 4.98 Å². The molecule has 52 heavy (non-hydrogen) atoms. The van der Waals surface area contributed by atoms with Crippen molar-refractivity contribution in [2.75, 3.05) is 0 Å². The SMILES string of the molecule is N#Cc1ccc(-c2c(-n3c4ccccc4c4cc(-c5ncccn5)ccc43)cncc2-n2c3ccccc3c3cc(-c4ncccn4)ccc32)cc1. The van der Waals surface area contributed by atoms with Gasteiger partial charge < -0.3 is 9.13 Å². The van der Waals surface area contributed by atoms with Crippen molar-refractivity contribution in [3.63, 3.8) is 0 Å². The van der Waals surface area contributed by atoms with Gasteiger partial charge in [0.1, 0.15) is 0 Å². The highest BCUT2D eigenvalue weighted by Gasteiger charge is 2.23. The molecule has 5 aromatic carbocycles. The van der Waals surface area contributed by atoms with E-state index in [1.165, 1.54) is 0 Å². The highest BCUT2D eigenvalue weighted by atomic mass is 15.0. The second-order valence-electron chi connectivity index (χ2n) is 12.6. The first-order chi connectivity index (χ1) is 25.8. The molecule has 0 saturated carbocycles. The van der Waals surface area contributed by atoms with E-state index in [0.29, 0.717) is 17.2 Å². The lowest BCUT2D eigenvalue weighted by molar-refractivity contribution is 1.09. The van der Waals surface area contributed by atoms with E-state index in [1.54, 1.807) is 24.8 Å². The molecule has 0 fully saturated rings. The van der Waals surface area contributed by atoms with Gasteiger partial charge >= 0.3 is 0 Å². The van der Waals surface area contributed by atoms with Crippen molar-refractivity contribution in [2.45, 2.75) is 0 Å². The van der Waals surface area contributed by atoms with Crippen molar-refractivity contribution in [3.8, 4) is 51.3 Å². The molecule has 10 rings (SSSR count). The number of hydrogen-bond donors (Lipinski definition) is 0. The zero-order valence-electron chi connectivity index (χ0n) is 27.6. The molecule has 0 bridgehead atoms. The van der Waals surface area contributed by atoms with Crippen LogP contribution in [-0.2, 0) is 0 Å². The first kappa shape index (κ1) is 29.4. The molecule has 242 valence electrons. The first-order valence-corrected chi connectivity index (χ1v) is 16.9. The summed E-state index contributed by atoms with van der Waals surface area (Å²) in [6, 6.07) is 43.4. The van der Waals surface area contributed by atoms with Gasteiger partial charge in [-0.1, -0.05) is 48.5 Å². The maximum absolute atomic E-state index is 9.71. The lowest BCUT2D eigenvalue weighted by Crippen LogP contribution is -2.05. The molecule has 0 aliphatic carbocycles. The molecule has 0 atom stereocenters. The molecule has 0 saturated heterocycles. The predicted octanol–water partition coefficient (Wildman–Crippen LogP) is 9.73. The smallest absolute Gasteiger partial charge is 0.159 e. The van der Waals surface area contributed by atoms with Crippen molar-refractivity contribution in [1.82, 2.24) is 34.1 Å². The van der Waals surface area contributed by atoms with E-state index < -0.39 is 0 Å². The highest BCUT2D eigenvalue weighted by Crippen LogP contribution is 2.42. The lowest BCUT2D eigenvalue weighted by atomic mass is 10.0. The lowest BCUT2D eigenvalue weighted by Gasteiger charge is -2.19. The fourth-order valence-corrected chi connectivity index (χ4v) is 7.42. The minimum absolute atomic E-state index is 0.598. The average Bonchev–Trinajstić information content (AvgIpc) is 3.73. The quantitative estimate of drug-likeness (QED) is 0.181. The number of pyridine rings is 1. The van der Waals surface area contributed by atoms with Gasteiger partial charge in [-0.2, -0.15) is 5.26 Å². The van der Waals surface area contributed by atoms with Crippen molar-refractivity contribution < 1.29 is 0 Å². The summed E-state index contributed by atoms with van der Waals surface area (Å²) in [5.74, 6) is 1.35. The summed E-state index contributed by atoms with van der Waals surface area (Å²) >= 11 is 0. The van der Waals surface area contributed by atoms with Gasteiger partial charge in [-0.05, 0) is 78.4 Å². The molecule has 0 unspecified atom stereocenters. The molecule has 5 heterocycles. The van der Waals surface area contributed by atoms with E-state index >= 15 is 0 Å². The Morgan fingerprint density at radius 3 is 1.37 bits per heavy atom. The van der Waals surface area contributed by atoms with Crippen LogP contribution < -0.4 is 0 Å². The zero-order chi connectivity index (χ0) is 34.6. The van der Waals surface area contributed by atoms with E-state index in [2.05, 4.69) is 120 Å². The maximum atomic E-state index is 9.71. The summed E-state index contributed by atoms with van der Waals surface area (Å²) in [6.45, 7) is 0. The summed E-state index contributed by atoms with van der Waals surface area (Å²) < 4.78 is 4.59. The van der Waals surface area contributed by atoms with Crippen LogP contribution in [0, 0.1) is 11.3 Å². The number of benzene rings is 5. The molecule has 0 spiro atoms. The van der Waals surface area contributed by atoms with E-state index in [0.717, 1.165) is 77.2 Å². The van der Waals surface area contributed by atoms with Crippen LogP contribution >= 0.6 is 0 Å².